The van der Waals surface area contributed by atoms with E-state index in [0.717, 1.165) is 51.7 Å². The van der Waals surface area contributed by atoms with E-state index in [1.54, 1.807) is 0 Å². The first-order chi connectivity index (χ1) is 9.61. The van der Waals surface area contributed by atoms with Crippen molar-refractivity contribution in [1.82, 2.24) is 9.80 Å². The van der Waals surface area contributed by atoms with E-state index in [4.69, 9.17) is 0 Å². The second-order valence-corrected chi connectivity index (χ2v) is 6.44. The zero-order valence-corrected chi connectivity index (χ0v) is 12.9. The molecule has 2 fully saturated rings. The standard InChI is InChI=1S/C16H28N2O2/c1-13(2)15(19)18-12-8-5-9-14(18)16(20)17-10-6-3-4-7-11-17/h13-14H,3-12H2,1-2H3. The number of carbonyl (C=O) groups excluding carboxylic acids is 2. The summed E-state index contributed by atoms with van der Waals surface area (Å²) in [7, 11) is 0. The van der Waals surface area contributed by atoms with Crippen LogP contribution in [0.4, 0.5) is 0 Å². The van der Waals surface area contributed by atoms with Gasteiger partial charge in [0.2, 0.25) is 11.8 Å². The molecule has 0 aliphatic carbocycles. The SMILES string of the molecule is CC(C)C(=O)N1CCCCC1C(=O)N1CCCCCC1. The largest absolute Gasteiger partial charge is 0.341 e. The fourth-order valence-electron chi connectivity index (χ4n) is 3.29. The molecule has 4 nitrogen and oxygen atoms in total. The van der Waals surface area contributed by atoms with Crippen LogP contribution in [-0.4, -0.2) is 47.3 Å². The van der Waals surface area contributed by atoms with Gasteiger partial charge in [0.05, 0.1) is 0 Å². The Bertz CT molecular complexity index is 346. The van der Waals surface area contributed by atoms with E-state index in [9.17, 15) is 9.59 Å². The van der Waals surface area contributed by atoms with E-state index in [-0.39, 0.29) is 23.8 Å². The molecule has 0 radical (unpaired) electrons. The third-order valence-electron chi connectivity index (χ3n) is 4.48. The number of amides is 2. The Hall–Kier alpha value is -1.06. The fraction of sp³-hybridized carbons (Fsp3) is 0.875. The Morgan fingerprint density at radius 3 is 2.10 bits per heavy atom. The van der Waals surface area contributed by atoms with Gasteiger partial charge in [-0.3, -0.25) is 9.59 Å². The Morgan fingerprint density at radius 1 is 0.900 bits per heavy atom. The van der Waals surface area contributed by atoms with Crippen molar-refractivity contribution in [2.75, 3.05) is 19.6 Å². The Morgan fingerprint density at radius 2 is 1.50 bits per heavy atom. The number of piperidine rings is 1. The first-order valence-electron chi connectivity index (χ1n) is 8.20. The van der Waals surface area contributed by atoms with Crippen molar-refractivity contribution in [3.63, 3.8) is 0 Å². The van der Waals surface area contributed by atoms with Crippen LogP contribution in [-0.2, 0) is 9.59 Å². The first kappa shape index (κ1) is 15.3. The quantitative estimate of drug-likeness (QED) is 0.779. The fourth-order valence-corrected chi connectivity index (χ4v) is 3.29. The highest BCUT2D eigenvalue weighted by molar-refractivity contribution is 5.88. The summed E-state index contributed by atoms with van der Waals surface area (Å²) in [5, 5.41) is 0. The highest BCUT2D eigenvalue weighted by Gasteiger charge is 2.35. The summed E-state index contributed by atoms with van der Waals surface area (Å²) in [6, 6.07) is -0.197. The predicted molar refractivity (Wildman–Crippen MR) is 79.2 cm³/mol. The minimum absolute atomic E-state index is 0.0208. The number of hydrogen-bond acceptors (Lipinski definition) is 2. The van der Waals surface area contributed by atoms with Crippen molar-refractivity contribution >= 4 is 11.8 Å². The Labute approximate surface area is 122 Å². The van der Waals surface area contributed by atoms with Gasteiger partial charge in [-0.2, -0.15) is 0 Å². The van der Waals surface area contributed by atoms with E-state index in [1.807, 2.05) is 23.6 Å². The third kappa shape index (κ3) is 3.53. The number of nitrogens with zero attached hydrogens (tertiary/aromatic N) is 2. The lowest BCUT2D eigenvalue weighted by Crippen LogP contribution is -2.54. The van der Waals surface area contributed by atoms with Crippen LogP contribution in [0.15, 0.2) is 0 Å². The summed E-state index contributed by atoms with van der Waals surface area (Å²) >= 11 is 0. The molecule has 2 saturated heterocycles. The normalized spacial score (nSPS) is 24.6. The summed E-state index contributed by atoms with van der Waals surface area (Å²) in [6.07, 6.45) is 7.60. The second kappa shape index (κ2) is 7.09. The van der Waals surface area contributed by atoms with Gasteiger partial charge >= 0.3 is 0 Å². The van der Waals surface area contributed by atoms with Gasteiger partial charge < -0.3 is 9.80 Å². The summed E-state index contributed by atoms with van der Waals surface area (Å²) in [5.41, 5.74) is 0. The molecule has 0 aromatic heterocycles. The summed E-state index contributed by atoms with van der Waals surface area (Å²) in [4.78, 5) is 28.9. The molecule has 0 bridgehead atoms. The first-order valence-corrected chi connectivity index (χ1v) is 8.20. The van der Waals surface area contributed by atoms with Crippen molar-refractivity contribution in [3.05, 3.63) is 0 Å². The molecule has 0 spiro atoms. The van der Waals surface area contributed by atoms with Crippen LogP contribution in [0.3, 0.4) is 0 Å². The molecule has 2 rings (SSSR count). The molecule has 2 aliphatic rings. The Balaban J connectivity index is 2.06. The van der Waals surface area contributed by atoms with Gasteiger partial charge in [0.15, 0.2) is 0 Å². The molecule has 114 valence electrons. The van der Waals surface area contributed by atoms with Gasteiger partial charge in [-0.05, 0) is 32.1 Å². The molecule has 1 unspecified atom stereocenters. The maximum atomic E-state index is 12.8. The highest BCUT2D eigenvalue weighted by Crippen LogP contribution is 2.22. The monoisotopic (exact) mass is 280 g/mol. The van der Waals surface area contributed by atoms with Gasteiger partial charge in [0.25, 0.3) is 0 Å². The highest BCUT2D eigenvalue weighted by atomic mass is 16.2. The third-order valence-corrected chi connectivity index (χ3v) is 4.48. The average Bonchev–Trinajstić information content (AvgIpc) is 2.74. The minimum atomic E-state index is -0.197. The number of hydrogen-bond donors (Lipinski definition) is 0. The van der Waals surface area contributed by atoms with Crippen molar-refractivity contribution in [2.45, 2.75) is 64.8 Å². The van der Waals surface area contributed by atoms with Gasteiger partial charge in [-0.25, -0.2) is 0 Å². The molecule has 1 atom stereocenters. The molecule has 0 saturated carbocycles. The molecule has 0 N–H and O–H groups in total. The molecule has 0 aromatic carbocycles. The zero-order valence-electron chi connectivity index (χ0n) is 12.9. The van der Waals surface area contributed by atoms with Crippen molar-refractivity contribution in [2.24, 2.45) is 5.92 Å². The van der Waals surface area contributed by atoms with E-state index < -0.39 is 0 Å². The number of carbonyl (C=O) groups is 2. The van der Waals surface area contributed by atoms with Gasteiger partial charge in [0.1, 0.15) is 6.04 Å². The van der Waals surface area contributed by atoms with Crippen LogP contribution in [0.25, 0.3) is 0 Å². The van der Waals surface area contributed by atoms with Gasteiger partial charge in [-0.15, -0.1) is 0 Å². The molecular formula is C16H28N2O2. The van der Waals surface area contributed by atoms with E-state index >= 15 is 0 Å². The van der Waals surface area contributed by atoms with Crippen molar-refractivity contribution in [1.29, 1.82) is 0 Å². The molecule has 2 heterocycles. The van der Waals surface area contributed by atoms with Crippen LogP contribution in [0.5, 0.6) is 0 Å². The molecule has 4 heteroatoms. The average molecular weight is 280 g/mol. The lowest BCUT2D eigenvalue weighted by molar-refractivity contribution is -0.149. The van der Waals surface area contributed by atoms with Crippen molar-refractivity contribution < 1.29 is 9.59 Å². The minimum Gasteiger partial charge on any atom is -0.341 e. The molecule has 2 aliphatic heterocycles. The smallest absolute Gasteiger partial charge is 0.245 e. The molecule has 20 heavy (non-hydrogen) atoms. The van der Waals surface area contributed by atoms with Crippen LogP contribution >= 0.6 is 0 Å². The van der Waals surface area contributed by atoms with E-state index in [1.165, 1.54) is 12.8 Å². The lowest BCUT2D eigenvalue weighted by atomic mass is 9.98. The number of likely N-dealkylation sites (tertiary alicyclic amines) is 2. The second-order valence-electron chi connectivity index (χ2n) is 6.44. The number of rotatable bonds is 2. The van der Waals surface area contributed by atoms with Crippen LogP contribution in [0.2, 0.25) is 0 Å². The van der Waals surface area contributed by atoms with E-state index in [0.29, 0.717) is 0 Å². The topological polar surface area (TPSA) is 40.6 Å². The zero-order chi connectivity index (χ0) is 14.5. The predicted octanol–water partition coefficient (Wildman–Crippen LogP) is 2.43. The summed E-state index contributed by atoms with van der Waals surface area (Å²) < 4.78 is 0. The summed E-state index contributed by atoms with van der Waals surface area (Å²) in [6.45, 7) is 6.34. The lowest BCUT2D eigenvalue weighted by Gasteiger charge is -2.38. The molecule has 0 aromatic rings. The van der Waals surface area contributed by atoms with Crippen LogP contribution < -0.4 is 0 Å². The Kier molecular flexibility index (Phi) is 5.44. The van der Waals surface area contributed by atoms with Crippen LogP contribution in [0, 0.1) is 5.92 Å². The summed E-state index contributed by atoms with van der Waals surface area (Å²) in [5.74, 6) is 0.311. The van der Waals surface area contributed by atoms with Gasteiger partial charge in [0, 0.05) is 25.6 Å². The van der Waals surface area contributed by atoms with Gasteiger partial charge in [-0.1, -0.05) is 26.7 Å². The van der Waals surface area contributed by atoms with Crippen LogP contribution in [0.1, 0.15) is 58.8 Å². The maximum Gasteiger partial charge on any atom is 0.245 e. The molecule has 2 amide bonds. The molecular weight excluding hydrogens is 252 g/mol. The van der Waals surface area contributed by atoms with E-state index in [2.05, 4.69) is 0 Å². The maximum absolute atomic E-state index is 12.8. The van der Waals surface area contributed by atoms with Crippen molar-refractivity contribution in [3.8, 4) is 0 Å².